The van der Waals surface area contributed by atoms with Crippen LogP contribution in [0.5, 0.6) is 5.75 Å². The second kappa shape index (κ2) is 5.76. The standard InChI is InChI=1S/C16H21NO4/c1-11-5-6-12(9-13(11)21-3)16(7-4-8-16)15(20)17(2)10-14(18)19/h5-6,9H,4,7-8,10H2,1-3H3,(H,18,19). The molecule has 0 bridgehead atoms. The van der Waals surface area contributed by atoms with Crippen LogP contribution in [0.25, 0.3) is 0 Å². The molecule has 1 amide bonds. The van der Waals surface area contributed by atoms with E-state index in [9.17, 15) is 9.59 Å². The first-order valence-corrected chi connectivity index (χ1v) is 7.03. The fraction of sp³-hybridized carbons (Fsp3) is 0.500. The van der Waals surface area contributed by atoms with Crippen molar-refractivity contribution in [2.45, 2.75) is 31.6 Å². The summed E-state index contributed by atoms with van der Waals surface area (Å²) in [5.41, 5.74) is 1.34. The highest BCUT2D eigenvalue weighted by atomic mass is 16.5. The zero-order valence-electron chi connectivity index (χ0n) is 12.7. The van der Waals surface area contributed by atoms with Crippen LogP contribution < -0.4 is 4.74 Å². The van der Waals surface area contributed by atoms with Crippen LogP contribution >= 0.6 is 0 Å². The maximum Gasteiger partial charge on any atom is 0.323 e. The first-order chi connectivity index (χ1) is 9.90. The SMILES string of the molecule is COc1cc(C2(C(=O)N(C)CC(=O)O)CCC2)ccc1C. The van der Waals surface area contributed by atoms with Crippen LogP contribution in [0.3, 0.4) is 0 Å². The van der Waals surface area contributed by atoms with Gasteiger partial charge in [-0.25, -0.2) is 0 Å². The third kappa shape index (κ3) is 2.73. The topological polar surface area (TPSA) is 66.8 Å². The molecule has 21 heavy (non-hydrogen) atoms. The number of rotatable bonds is 5. The van der Waals surface area contributed by atoms with Gasteiger partial charge in [-0.3, -0.25) is 9.59 Å². The minimum absolute atomic E-state index is 0.123. The molecule has 5 nitrogen and oxygen atoms in total. The lowest BCUT2D eigenvalue weighted by atomic mass is 9.63. The van der Waals surface area contributed by atoms with Gasteiger partial charge in [-0.1, -0.05) is 18.6 Å². The highest BCUT2D eigenvalue weighted by molar-refractivity contribution is 5.91. The third-order valence-corrected chi connectivity index (χ3v) is 4.30. The van der Waals surface area contributed by atoms with E-state index in [1.54, 1.807) is 14.2 Å². The van der Waals surface area contributed by atoms with Crippen molar-refractivity contribution in [1.82, 2.24) is 4.90 Å². The maximum absolute atomic E-state index is 12.7. The molecule has 114 valence electrons. The first-order valence-electron chi connectivity index (χ1n) is 7.03. The van der Waals surface area contributed by atoms with Crippen molar-refractivity contribution in [1.29, 1.82) is 0 Å². The van der Waals surface area contributed by atoms with E-state index in [-0.39, 0.29) is 12.5 Å². The predicted molar refractivity (Wildman–Crippen MR) is 78.5 cm³/mol. The highest BCUT2D eigenvalue weighted by Gasteiger charge is 2.47. The van der Waals surface area contributed by atoms with Gasteiger partial charge in [0.25, 0.3) is 0 Å². The van der Waals surface area contributed by atoms with E-state index in [2.05, 4.69) is 0 Å². The molecule has 0 saturated heterocycles. The van der Waals surface area contributed by atoms with E-state index in [1.165, 1.54) is 4.90 Å². The molecule has 0 heterocycles. The Hall–Kier alpha value is -2.04. The van der Waals surface area contributed by atoms with Gasteiger partial charge in [0.15, 0.2) is 0 Å². The molecule has 2 rings (SSSR count). The van der Waals surface area contributed by atoms with Gasteiger partial charge in [0.2, 0.25) is 5.91 Å². The molecule has 1 N–H and O–H groups in total. The number of carboxylic acid groups (broad SMARTS) is 1. The van der Waals surface area contributed by atoms with Crippen molar-refractivity contribution < 1.29 is 19.4 Å². The Bertz CT molecular complexity index is 563. The lowest BCUT2D eigenvalue weighted by Gasteiger charge is -2.43. The number of carbonyl (C=O) groups is 2. The summed E-state index contributed by atoms with van der Waals surface area (Å²) in [5, 5.41) is 8.86. The first kappa shape index (κ1) is 15.4. The van der Waals surface area contributed by atoms with E-state index in [0.717, 1.165) is 36.1 Å². The summed E-state index contributed by atoms with van der Waals surface area (Å²) in [6.07, 6.45) is 2.48. The Balaban J connectivity index is 2.33. The Labute approximate surface area is 124 Å². The molecule has 5 heteroatoms. The molecular formula is C16H21NO4. The molecule has 0 atom stereocenters. The summed E-state index contributed by atoms with van der Waals surface area (Å²) in [7, 11) is 3.15. The molecule has 1 saturated carbocycles. The van der Waals surface area contributed by atoms with Gasteiger partial charge in [0.1, 0.15) is 12.3 Å². The molecule has 0 radical (unpaired) electrons. The fourth-order valence-corrected chi connectivity index (χ4v) is 2.91. The second-order valence-electron chi connectivity index (χ2n) is 5.68. The fourth-order valence-electron chi connectivity index (χ4n) is 2.91. The van der Waals surface area contributed by atoms with Crippen molar-refractivity contribution >= 4 is 11.9 Å². The number of carboxylic acids is 1. The number of likely N-dealkylation sites (N-methyl/N-ethyl adjacent to an activating group) is 1. The van der Waals surface area contributed by atoms with Gasteiger partial charge in [-0.05, 0) is 37.0 Å². The summed E-state index contributed by atoms with van der Waals surface area (Å²) < 4.78 is 5.34. The number of hydrogen-bond donors (Lipinski definition) is 1. The summed E-state index contributed by atoms with van der Waals surface area (Å²) in [4.78, 5) is 24.8. The lowest BCUT2D eigenvalue weighted by molar-refractivity contribution is -0.147. The monoisotopic (exact) mass is 291 g/mol. The number of hydrogen-bond acceptors (Lipinski definition) is 3. The van der Waals surface area contributed by atoms with Crippen molar-refractivity contribution in [2.24, 2.45) is 0 Å². The van der Waals surface area contributed by atoms with Gasteiger partial charge >= 0.3 is 5.97 Å². The van der Waals surface area contributed by atoms with Gasteiger partial charge in [-0.2, -0.15) is 0 Å². The molecule has 0 aromatic heterocycles. The predicted octanol–water partition coefficient (Wildman–Crippen LogP) is 1.97. The zero-order chi connectivity index (χ0) is 15.6. The normalized spacial score (nSPS) is 16.0. The molecule has 0 unspecified atom stereocenters. The minimum atomic E-state index is -0.998. The third-order valence-electron chi connectivity index (χ3n) is 4.30. The van der Waals surface area contributed by atoms with E-state index >= 15 is 0 Å². The number of aryl methyl sites for hydroxylation is 1. The Morgan fingerprint density at radius 1 is 1.38 bits per heavy atom. The number of amides is 1. The Morgan fingerprint density at radius 2 is 2.05 bits per heavy atom. The van der Waals surface area contributed by atoms with Gasteiger partial charge in [-0.15, -0.1) is 0 Å². The quantitative estimate of drug-likeness (QED) is 0.900. The van der Waals surface area contributed by atoms with E-state index in [1.807, 2.05) is 25.1 Å². The second-order valence-corrected chi connectivity index (χ2v) is 5.68. The van der Waals surface area contributed by atoms with Gasteiger partial charge < -0.3 is 14.7 Å². The molecule has 0 aliphatic heterocycles. The number of carbonyl (C=O) groups excluding carboxylic acids is 1. The maximum atomic E-state index is 12.7. The zero-order valence-corrected chi connectivity index (χ0v) is 12.7. The number of nitrogens with zero attached hydrogens (tertiary/aromatic N) is 1. The molecule has 0 spiro atoms. The molecule has 1 fully saturated rings. The lowest BCUT2D eigenvalue weighted by Crippen LogP contribution is -2.50. The van der Waals surface area contributed by atoms with Crippen LogP contribution in [-0.2, 0) is 15.0 Å². The van der Waals surface area contributed by atoms with Crippen molar-refractivity contribution in [2.75, 3.05) is 20.7 Å². The Kier molecular flexibility index (Phi) is 4.21. The molecule has 1 aliphatic rings. The van der Waals surface area contributed by atoms with Crippen LogP contribution in [-0.4, -0.2) is 42.6 Å². The van der Waals surface area contributed by atoms with Crippen molar-refractivity contribution in [3.63, 3.8) is 0 Å². The van der Waals surface area contributed by atoms with E-state index < -0.39 is 11.4 Å². The summed E-state index contributed by atoms with van der Waals surface area (Å²) in [6.45, 7) is 1.68. The summed E-state index contributed by atoms with van der Waals surface area (Å²) in [6, 6.07) is 5.79. The number of methoxy groups -OCH3 is 1. The molecule has 1 aliphatic carbocycles. The summed E-state index contributed by atoms with van der Waals surface area (Å²) in [5.74, 6) is -0.365. The van der Waals surface area contributed by atoms with Crippen LogP contribution in [0, 0.1) is 6.92 Å². The van der Waals surface area contributed by atoms with Gasteiger partial charge in [0.05, 0.1) is 12.5 Å². The highest BCUT2D eigenvalue weighted by Crippen LogP contribution is 2.46. The molecule has 1 aromatic carbocycles. The van der Waals surface area contributed by atoms with Crippen LogP contribution in [0.2, 0.25) is 0 Å². The smallest absolute Gasteiger partial charge is 0.323 e. The number of aliphatic carboxylic acids is 1. The van der Waals surface area contributed by atoms with Gasteiger partial charge in [0, 0.05) is 7.05 Å². The van der Waals surface area contributed by atoms with E-state index in [4.69, 9.17) is 9.84 Å². The number of ether oxygens (including phenoxy) is 1. The number of benzene rings is 1. The van der Waals surface area contributed by atoms with E-state index in [0.29, 0.717) is 0 Å². The van der Waals surface area contributed by atoms with Crippen LogP contribution in [0.4, 0.5) is 0 Å². The van der Waals surface area contributed by atoms with Crippen LogP contribution in [0.1, 0.15) is 30.4 Å². The Morgan fingerprint density at radius 3 is 2.52 bits per heavy atom. The van der Waals surface area contributed by atoms with Crippen molar-refractivity contribution in [3.8, 4) is 5.75 Å². The average Bonchev–Trinajstić information content (AvgIpc) is 2.38. The average molecular weight is 291 g/mol. The van der Waals surface area contributed by atoms with Crippen LogP contribution in [0.15, 0.2) is 18.2 Å². The minimum Gasteiger partial charge on any atom is -0.496 e. The van der Waals surface area contributed by atoms with Crippen molar-refractivity contribution in [3.05, 3.63) is 29.3 Å². The molecular weight excluding hydrogens is 270 g/mol. The summed E-state index contributed by atoms with van der Waals surface area (Å²) >= 11 is 0. The molecule has 1 aromatic rings. The largest absolute Gasteiger partial charge is 0.496 e.